The van der Waals surface area contributed by atoms with Gasteiger partial charge in [0.05, 0.1) is 18.3 Å². The van der Waals surface area contributed by atoms with E-state index in [9.17, 15) is 0 Å². The van der Waals surface area contributed by atoms with Crippen molar-refractivity contribution in [3.63, 3.8) is 0 Å². The van der Waals surface area contributed by atoms with Crippen molar-refractivity contribution in [2.45, 2.75) is 25.8 Å². The molecule has 3 rings (SSSR count). The summed E-state index contributed by atoms with van der Waals surface area (Å²) in [5.41, 5.74) is 3.12. The highest BCUT2D eigenvalue weighted by atomic mass is 16.3. The molecule has 4 nitrogen and oxygen atoms in total. The van der Waals surface area contributed by atoms with Crippen LogP contribution in [0, 0.1) is 6.92 Å². The lowest BCUT2D eigenvalue weighted by Gasteiger charge is -2.10. The fraction of sp³-hybridized carbons (Fsp3) is 0.385. The van der Waals surface area contributed by atoms with Gasteiger partial charge in [-0.2, -0.15) is 0 Å². The predicted molar refractivity (Wildman–Crippen MR) is 65.7 cm³/mol. The summed E-state index contributed by atoms with van der Waals surface area (Å²) in [6, 6.07) is 2.39. The van der Waals surface area contributed by atoms with Crippen molar-refractivity contribution in [2.75, 3.05) is 6.61 Å². The van der Waals surface area contributed by atoms with Crippen LogP contribution < -0.4 is 0 Å². The Bertz CT molecular complexity index is 585. The maximum absolute atomic E-state index is 9.14. The average molecular weight is 229 g/mol. The first-order valence-electron chi connectivity index (χ1n) is 5.88. The molecule has 0 aromatic carbocycles. The largest absolute Gasteiger partial charge is 0.392 e. The number of hydrogen-bond acceptors (Lipinski definition) is 3. The van der Waals surface area contributed by atoms with Gasteiger partial charge in [0.25, 0.3) is 0 Å². The Morgan fingerprint density at radius 3 is 3.12 bits per heavy atom. The van der Waals surface area contributed by atoms with Crippen LogP contribution in [0.15, 0.2) is 30.2 Å². The van der Waals surface area contributed by atoms with Gasteiger partial charge in [0.15, 0.2) is 0 Å². The van der Waals surface area contributed by atoms with E-state index in [0.717, 1.165) is 35.1 Å². The van der Waals surface area contributed by atoms with Crippen LogP contribution in [-0.4, -0.2) is 26.2 Å². The Morgan fingerprint density at radius 2 is 2.35 bits per heavy atom. The second-order valence-corrected chi connectivity index (χ2v) is 4.51. The van der Waals surface area contributed by atoms with Gasteiger partial charge in [0, 0.05) is 11.6 Å². The number of aryl methyl sites for hydroxylation is 1. The molecule has 1 N–H and O–H groups in total. The first-order valence-corrected chi connectivity index (χ1v) is 5.88. The Hall–Kier alpha value is -1.68. The first-order chi connectivity index (χ1) is 8.29. The van der Waals surface area contributed by atoms with Crippen molar-refractivity contribution >= 4 is 11.0 Å². The van der Waals surface area contributed by atoms with Crippen LogP contribution in [0.4, 0.5) is 0 Å². The van der Waals surface area contributed by atoms with Crippen LogP contribution in [0.1, 0.15) is 24.6 Å². The van der Waals surface area contributed by atoms with Crippen LogP contribution in [0.2, 0.25) is 0 Å². The molecule has 1 unspecified atom stereocenters. The standard InChI is InChI=1S/C13H15N3O/c1-9-12-4-5-16(13(12)15-8-14-9)11-3-2-10(6-11)7-17/h4-6,8,11,17H,2-3,7H2,1H3. The highest BCUT2D eigenvalue weighted by Crippen LogP contribution is 2.31. The van der Waals surface area contributed by atoms with E-state index in [1.165, 1.54) is 0 Å². The fourth-order valence-corrected chi connectivity index (χ4v) is 2.49. The summed E-state index contributed by atoms with van der Waals surface area (Å²) in [4.78, 5) is 8.56. The third-order valence-corrected chi connectivity index (χ3v) is 3.46. The van der Waals surface area contributed by atoms with E-state index in [-0.39, 0.29) is 6.61 Å². The molecule has 2 aromatic rings. The highest BCUT2D eigenvalue weighted by molar-refractivity contribution is 5.78. The average Bonchev–Trinajstić information content (AvgIpc) is 2.94. The highest BCUT2D eigenvalue weighted by Gasteiger charge is 2.18. The van der Waals surface area contributed by atoms with E-state index in [0.29, 0.717) is 6.04 Å². The van der Waals surface area contributed by atoms with Crippen molar-refractivity contribution in [2.24, 2.45) is 0 Å². The van der Waals surface area contributed by atoms with Crippen molar-refractivity contribution < 1.29 is 5.11 Å². The molecule has 1 aliphatic rings. The van der Waals surface area contributed by atoms with E-state index in [1.807, 2.05) is 6.92 Å². The molecule has 1 aliphatic carbocycles. The molecule has 0 radical (unpaired) electrons. The van der Waals surface area contributed by atoms with Gasteiger partial charge >= 0.3 is 0 Å². The van der Waals surface area contributed by atoms with Gasteiger partial charge in [-0.3, -0.25) is 0 Å². The van der Waals surface area contributed by atoms with Crippen LogP contribution in [-0.2, 0) is 0 Å². The zero-order valence-corrected chi connectivity index (χ0v) is 9.80. The molecule has 0 bridgehead atoms. The summed E-state index contributed by atoms with van der Waals surface area (Å²) in [7, 11) is 0. The maximum atomic E-state index is 9.14. The first kappa shape index (κ1) is 10.5. The number of hydrogen-bond donors (Lipinski definition) is 1. The van der Waals surface area contributed by atoms with Gasteiger partial charge in [-0.25, -0.2) is 9.97 Å². The summed E-state index contributed by atoms with van der Waals surface area (Å²) in [5.74, 6) is 0. The maximum Gasteiger partial charge on any atom is 0.144 e. The Labute approximate surface area is 99.6 Å². The van der Waals surface area contributed by atoms with E-state index in [4.69, 9.17) is 5.11 Å². The van der Waals surface area contributed by atoms with Crippen LogP contribution in [0.5, 0.6) is 0 Å². The molecular weight excluding hydrogens is 214 g/mol. The second kappa shape index (κ2) is 3.96. The number of rotatable bonds is 2. The van der Waals surface area contributed by atoms with Crippen LogP contribution in [0.25, 0.3) is 11.0 Å². The van der Waals surface area contributed by atoms with Gasteiger partial charge in [-0.05, 0) is 31.4 Å². The third-order valence-electron chi connectivity index (χ3n) is 3.46. The van der Waals surface area contributed by atoms with Crippen LogP contribution >= 0.6 is 0 Å². The molecule has 4 heteroatoms. The molecule has 88 valence electrons. The quantitative estimate of drug-likeness (QED) is 0.801. The normalized spacial score (nSPS) is 19.9. The van der Waals surface area contributed by atoms with Gasteiger partial charge in [0.2, 0.25) is 0 Å². The summed E-state index contributed by atoms with van der Waals surface area (Å²) in [5, 5.41) is 10.2. The molecule has 0 aliphatic heterocycles. The molecule has 0 saturated carbocycles. The number of allylic oxidation sites excluding steroid dienone is 1. The minimum absolute atomic E-state index is 0.170. The summed E-state index contributed by atoms with van der Waals surface area (Å²) in [6.07, 6.45) is 7.85. The van der Waals surface area contributed by atoms with Gasteiger partial charge in [0.1, 0.15) is 12.0 Å². The minimum atomic E-state index is 0.170. The molecule has 1 atom stereocenters. The van der Waals surface area contributed by atoms with Crippen molar-refractivity contribution in [3.05, 3.63) is 35.9 Å². The number of aliphatic hydroxyl groups excluding tert-OH is 1. The molecule has 0 amide bonds. The van der Waals surface area contributed by atoms with Gasteiger partial charge < -0.3 is 9.67 Å². The lowest BCUT2D eigenvalue weighted by atomic mass is 10.2. The summed E-state index contributed by atoms with van der Waals surface area (Å²) >= 11 is 0. The summed E-state index contributed by atoms with van der Waals surface area (Å²) < 4.78 is 2.17. The van der Waals surface area contributed by atoms with E-state index in [1.54, 1.807) is 6.33 Å². The number of fused-ring (bicyclic) bond motifs is 1. The molecule has 17 heavy (non-hydrogen) atoms. The third kappa shape index (κ3) is 1.65. The molecule has 0 fully saturated rings. The smallest absolute Gasteiger partial charge is 0.144 e. The van der Waals surface area contributed by atoms with Crippen LogP contribution in [0.3, 0.4) is 0 Å². The van der Waals surface area contributed by atoms with Crippen molar-refractivity contribution in [1.29, 1.82) is 0 Å². The number of nitrogens with zero attached hydrogens (tertiary/aromatic N) is 3. The summed E-state index contributed by atoms with van der Waals surface area (Å²) in [6.45, 7) is 2.17. The molecule has 2 heterocycles. The zero-order valence-electron chi connectivity index (χ0n) is 9.80. The molecular formula is C13H15N3O. The monoisotopic (exact) mass is 229 g/mol. The molecule has 0 saturated heterocycles. The Kier molecular flexibility index (Phi) is 2.44. The van der Waals surface area contributed by atoms with E-state index < -0.39 is 0 Å². The minimum Gasteiger partial charge on any atom is -0.392 e. The topological polar surface area (TPSA) is 50.9 Å². The molecule has 0 spiro atoms. The Balaban J connectivity index is 2.07. The van der Waals surface area contributed by atoms with Gasteiger partial charge in [-0.15, -0.1) is 0 Å². The lowest BCUT2D eigenvalue weighted by Crippen LogP contribution is -2.03. The number of aliphatic hydroxyl groups is 1. The SMILES string of the molecule is Cc1ncnc2c1ccn2C1C=C(CO)CC1. The van der Waals surface area contributed by atoms with E-state index in [2.05, 4.69) is 32.9 Å². The lowest BCUT2D eigenvalue weighted by molar-refractivity contribution is 0.328. The van der Waals surface area contributed by atoms with E-state index >= 15 is 0 Å². The number of aromatic nitrogens is 3. The fourth-order valence-electron chi connectivity index (χ4n) is 2.49. The van der Waals surface area contributed by atoms with Crippen molar-refractivity contribution in [1.82, 2.24) is 14.5 Å². The second-order valence-electron chi connectivity index (χ2n) is 4.51. The van der Waals surface area contributed by atoms with Gasteiger partial charge in [-0.1, -0.05) is 6.08 Å². The zero-order chi connectivity index (χ0) is 11.8. The molecule has 2 aromatic heterocycles. The predicted octanol–water partition coefficient (Wildman–Crippen LogP) is 1.99. The Morgan fingerprint density at radius 1 is 1.47 bits per heavy atom. The van der Waals surface area contributed by atoms with Crippen molar-refractivity contribution in [3.8, 4) is 0 Å².